The van der Waals surface area contributed by atoms with E-state index in [-0.39, 0.29) is 39.1 Å². The quantitative estimate of drug-likeness (QED) is 0.0773. The Kier molecular flexibility index (Phi) is 14.8. The molecule has 0 bridgehead atoms. The Bertz CT molecular complexity index is 1320. The highest BCUT2D eigenvalue weighted by Crippen LogP contribution is 2.35. The Morgan fingerprint density at radius 2 is 1.28 bits per heavy atom. The van der Waals surface area contributed by atoms with Crippen molar-refractivity contribution in [1.29, 1.82) is 0 Å². The minimum Gasteiger partial charge on any atom is -0.394 e. The Morgan fingerprint density at radius 3 is 1.86 bits per heavy atom. The lowest BCUT2D eigenvalue weighted by molar-refractivity contribution is -0.308. The lowest BCUT2D eigenvalue weighted by atomic mass is 9.83. The maximum Gasteiger partial charge on any atom is 0.254 e. The lowest BCUT2D eigenvalue weighted by Gasteiger charge is -2.48. The molecule has 24 nitrogen and oxygen atoms in total. The fourth-order valence-corrected chi connectivity index (χ4v) is 8.17. The number of amides is 1. The topological polar surface area (TPSA) is 407 Å². The number of nitrogens with one attached hydrogen (secondary N) is 4. The zero-order chi connectivity index (χ0) is 41.4. The van der Waals surface area contributed by atoms with Crippen LogP contribution in [0, 0.1) is 0 Å². The van der Waals surface area contributed by atoms with Crippen LogP contribution in [0.3, 0.4) is 0 Å². The van der Waals surface area contributed by atoms with Crippen LogP contribution in [0.25, 0.3) is 0 Å². The molecule has 57 heavy (non-hydrogen) atoms. The number of carbonyl (C=O) groups is 1. The summed E-state index contributed by atoms with van der Waals surface area (Å²) < 4.78 is 35.8. The van der Waals surface area contributed by atoms with Crippen LogP contribution >= 0.6 is 0 Å². The zero-order valence-corrected chi connectivity index (χ0v) is 31.4. The minimum atomic E-state index is -1.74. The maximum atomic E-state index is 13.0. The van der Waals surface area contributed by atoms with Crippen LogP contribution in [0.5, 0.6) is 0 Å². The van der Waals surface area contributed by atoms with Crippen molar-refractivity contribution in [2.24, 2.45) is 22.9 Å². The number of carbonyl (C=O) groups excluding carboxylic acids is 1. The number of piperidine rings is 1. The van der Waals surface area contributed by atoms with E-state index in [4.69, 9.17) is 51.4 Å². The Labute approximate surface area is 328 Å². The summed E-state index contributed by atoms with van der Waals surface area (Å²) >= 11 is 0. The molecule has 330 valence electrons. The van der Waals surface area contributed by atoms with Gasteiger partial charge in [-0.15, -0.1) is 0 Å². The molecule has 6 fully saturated rings. The van der Waals surface area contributed by atoms with Crippen LogP contribution in [0.4, 0.5) is 0 Å². The van der Waals surface area contributed by atoms with Gasteiger partial charge in [-0.1, -0.05) is 0 Å². The number of aliphatic hydroxyl groups excluding tert-OH is 7. The van der Waals surface area contributed by atoms with Crippen LogP contribution in [0.1, 0.15) is 19.3 Å². The fourth-order valence-electron chi connectivity index (χ4n) is 8.17. The maximum absolute atomic E-state index is 13.0. The summed E-state index contributed by atoms with van der Waals surface area (Å²) in [6.07, 6.45) is -20.8. The fraction of sp³-hybridized carbons (Fsp3) is 0.970. The van der Waals surface area contributed by atoms with Gasteiger partial charge < -0.3 is 119 Å². The largest absolute Gasteiger partial charge is 0.394 e. The van der Waals surface area contributed by atoms with Crippen molar-refractivity contribution in [3.8, 4) is 0 Å². The standard InChI is InChI=1S/C33H62N8O16/c34-6-14-20(44)22(46)17(36)28(52-14)56-26-16(8-42)54-30(24(26)48)57-27-19(43)13(41-31(49)33(51)10-40-11-33)5-12(35)25(27)55-29-18(37)23(47)21(45)15(53-29)7-39-9-32(50)1-3-38-4-2-32/h12-30,38-40,42-48,50-51H,1-11,34-37H2,(H,41,49)/t12-,13+,14-,15+,16+,17+,18+,19-,20+,21+,22+,23+,24+,25+,26+,27+,28+,29+,30-/m0/s1. The van der Waals surface area contributed by atoms with Crippen LogP contribution in [0.15, 0.2) is 0 Å². The van der Waals surface area contributed by atoms with Crippen molar-refractivity contribution in [2.45, 2.75) is 147 Å². The SMILES string of the molecule is NC[C@@H]1O[C@H](O[C@H]2[C@@H](O)[C@H](O[C@@H]3[C@@H](O)[C@H](NC(=O)C4(O)CNC4)C[C@H](N)[C@H]3O[C@H]3O[C@H](CNCC4(O)CCNCC4)[C@@H](O)[C@H](O)[C@H]3N)O[C@@H]2CO)[C@H](N)[C@@H](O)[C@@H]1O. The molecule has 0 radical (unpaired) electrons. The molecule has 0 aromatic carbocycles. The summed E-state index contributed by atoms with van der Waals surface area (Å²) in [5, 5.41) is 109. The third-order valence-electron chi connectivity index (χ3n) is 12.0. The number of rotatable bonds is 14. The van der Waals surface area contributed by atoms with Gasteiger partial charge in [-0.3, -0.25) is 4.79 Å². The molecule has 1 aliphatic carbocycles. The van der Waals surface area contributed by atoms with Crippen LogP contribution in [-0.2, 0) is 33.2 Å². The van der Waals surface area contributed by atoms with Crippen molar-refractivity contribution in [1.82, 2.24) is 21.3 Å². The molecule has 0 aromatic rings. The van der Waals surface area contributed by atoms with Crippen LogP contribution in [0.2, 0.25) is 0 Å². The van der Waals surface area contributed by atoms with E-state index >= 15 is 0 Å². The monoisotopic (exact) mass is 826 g/mol. The highest BCUT2D eigenvalue weighted by molar-refractivity contribution is 5.87. The number of β-amino-alcohol motifs (C(OH)–C–C–N with tert-alkyl or cyclic N) is 1. The molecule has 0 spiro atoms. The molecule has 0 unspecified atom stereocenters. The average molecular weight is 827 g/mol. The lowest BCUT2D eigenvalue weighted by Crippen LogP contribution is -2.72. The molecule has 5 saturated heterocycles. The van der Waals surface area contributed by atoms with Gasteiger partial charge in [0.05, 0.1) is 30.3 Å². The Morgan fingerprint density at radius 1 is 0.719 bits per heavy atom. The summed E-state index contributed by atoms with van der Waals surface area (Å²) in [6, 6.07) is -4.86. The molecule has 6 rings (SSSR count). The predicted molar refractivity (Wildman–Crippen MR) is 191 cm³/mol. The third-order valence-corrected chi connectivity index (χ3v) is 12.0. The van der Waals surface area contributed by atoms with Crippen molar-refractivity contribution >= 4 is 5.91 Å². The van der Waals surface area contributed by atoms with Gasteiger partial charge in [0.15, 0.2) is 24.5 Å². The van der Waals surface area contributed by atoms with E-state index in [1.165, 1.54) is 0 Å². The third kappa shape index (κ3) is 9.57. The number of nitrogens with two attached hydrogens (primary N) is 4. The smallest absolute Gasteiger partial charge is 0.254 e. The normalized spacial score (nSPS) is 47.3. The van der Waals surface area contributed by atoms with Gasteiger partial charge in [0, 0.05) is 38.8 Å². The summed E-state index contributed by atoms with van der Waals surface area (Å²) in [5.74, 6) is -0.785. The summed E-state index contributed by atoms with van der Waals surface area (Å²) in [5.41, 5.74) is 21.9. The Hall–Kier alpha value is -1.41. The number of ether oxygens (including phenoxy) is 6. The van der Waals surface area contributed by atoms with E-state index in [0.717, 1.165) is 0 Å². The summed E-state index contributed by atoms with van der Waals surface area (Å²) in [4.78, 5) is 13.0. The van der Waals surface area contributed by atoms with Gasteiger partial charge in [-0.05, 0) is 32.4 Å². The first-order valence-corrected chi connectivity index (χ1v) is 19.5. The molecule has 6 aliphatic rings. The second-order valence-corrected chi connectivity index (χ2v) is 16.2. The second kappa shape index (κ2) is 18.7. The molecule has 21 N–H and O–H groups in total. The van der Waals surface area contributed by atoms with E-state index in [0.29, 0.717) is 25.9 Å². The highest BCUT2D eigenvalue weighted by atomic mass is 16.8. The first-order valence-electron chi connectivity index (χ1n) is 19.5. The van der Waals surface area contributed by atoms with Gasteiger partial charge >= 0.3 is 0 Å². The van der Waals surface area contributed by atoms with Crippen LogP contribution in [-0.4, -0.2) is 232 Å². The number of hydrogen-bond donors (Lipinski definition) is 17. The van der Waals surface area contributed by atoms with E-state index in [2.05, 4.69) is 21.3 Å². The number of hydrogen-bond acceptors (Lipinski definition) is 23. The first kappa shape index (κ1) is 45.1. The number of aliphatic hydroxyl groups is 9. The zero-order valence-electron chi connectivity index (χ0n) is 31.4. The molecule has 1 amide bonds. The van der Waals surface area contributed by atoms with Crippen molar-refractivity contribution in [3.63, 3.8) is 0 Å². The van der Waals surface area contributed by atoms with Crippen LogP contribution < -0.4 is 44.2 Å². The van der Waals surface area contributed by atoms with E-state index in [9.17, 15) is 50.8 Å². The summed E-state index contributed by atoms with van der Waals surface area (Å²) in [7, 11) is 0. The molecule has 5 heterocycles. The minimum absolute atomic E-state index is 0.0197. The van der Waals surface area contributed by atoms with Gasteiger partial charge in [0.2, 0.25) is 0 Å². The van der Waals surface area contributed by atoms with Crippen molar-refractivity contribution in [2.75, 3.05) is 52.4 Å². The first-order chi connectivity index (χ1) is 27.0. The van der Waals surface area contributed by atoms with E-state index in [1.54, 1.807) is 0 Å². The van der Waals surface area contributed by atoms with Gasteiger partial charge in [-0.25, -0.2) is 0 Å². The predicted octanol–water partition coefficient (Wildman–Crippen LogP) is -10.7. The van der Waals surface area contributed by atoms with Crippen molar-refractivity contribution < 1.29 is 79.2 Å². The molecule has 24 heteroatoms. The molecular weight excluding hydrogens is 764 g/mol. The van der Waals surface area contributed by atoms with E-state index < -0.39 is 140 Å². The molecule has 5 aliphatic heterocycles. The molecule has 0 aromatic heterocycles. The van der Waals surface area contributed by atoms with Gasteiger partial charge in [0.25, 0.3) is 5.91 Å². The molecule has 1 saturated carbocycles. The highest BCUT2D eigenvalue weighted by Gasteiger charge is 2.55. The Balaban J connectivity index is 1.19. The molecule has 19 atom stereocenters. The van der Waals surface area contributed by atoms with Crippen molar-refractivity contribution in [3.05, 3.63) is 0 Å². The van der Waals surface area contributed by atoms with E-state index in [1.807, 2.05) is 0 Å². The average Bonchev–Trinajstić information content (AvgIpc) is 3.47. The second-order valence-electron chi connectivity index (χ2n) is 16.2. The van der Waals surface area contributed by atoms with Gasteiger partial charge in [0.1, 0.15) is 73.2 Å². The molecular formula is C33H62N8O16. The summed E-state index contributed by atoms with van der Waals surface area (Å²) in [6.45, 7) is 0.442. The van der Waals surface area contributed by atoms with Gasteiger partial charge in [-0.2, -0.15) is 0 Å².